The van der Waals surface area contributed by atoms with Gasteiger partial charge in [-0.2, -0.15) is 0 Å². The van der Waals surface area contributed by atoms with E-state index in [2.05, 4.69) is 35.4 Å². The summed E-state index contributed by atoms with van der Waals surface area (Å²) in [6, 6.07) is 8.42. The zero-order valence-corrected chi connectivity index (χ0v) is 13.4. The van der Waals surface area contributed by atoms with Gasteiger partial charge in [-0.15, -0.1) is 0 Å². The molecule has 2 unspecified atom stereocenters. The third-order valence-electron chi connectivity index (χ3n) is 5.66. The fourth-order valence-corrected chi connectivity index (χ4v) is 4.31. The molecule has 2 N–H and O–H groups in total. The number of hydrogen-bond acceptors (Lipinski definition) is 2. The summed E-state index contributed by atoms with van der Waals surface area (Å²) >= 11 is 0. The second-order valence-corrected chi connectivity index (χ2v) is 6.99. The summed E-state index contributed by atoms with van der Waals surface area (Å²) in [6.07, 6.45) is 6.34. The highest BCUT2D eigenvalue weighted by Gasteiger charge is 2.36. The fourth-order valence-electron chi connectivity index (χ4n) is 4.31. The molecule has 1 amide bonds. The summed E-state index contributed by atoms with van der Waals surface area (Å²) in [4.78, 5) is 17.9. The van der Waals surface area contributed by atoms with E-state index < -0.39 is 6.10 Å². The summed E-state index contributed by atoms with van der Waals surface area (Å²) in [5, 5.41) is 11.3. The third-order valence-corrected chi connectivity index (χ3v) is 5.66. The van der Waals surface area contributed by atoms with Crippen LogP contribution in [0.3, 0.4) is 0 Å². The molecule has 4 nitrogen and oxygen atoms in total. The van der Waals surface area contributed by atoms with Crippen LogP contribution in [-0.4, -0.2) is 40.1 Å². The van der Waals surface area contributed by atoms with Gasteiger partial charge in [-0.25, -0.2) is 0 Å². The molecule has 1 saturated carbocycles. The van der Waals surface area contributed by atoms with E-state index in [1.54, 1.807) is 0 Å². The Bertz CT molecular complexity index is 700. The Morgan fingerprint density at radius 1 is 1.13 bits per heavy atom. The third kappa shape index (κ3) is 2.65. The van der Waals surface area contributed by atoms with Crippen LogP contribution in [0.5, 0.6) is 0 Å². The summed E-state index contributed by atoms with van der Waals surface area (Å²) in [6.45, 7) is 1.62. The molecule has 2 aromatic rings. The lowest BCUT2D eigenvalue weighted by molar-refractivity contribution is -0.139. The summed E-state index contributed by atoms with van der Waals surface area (Å²) in [5.74, 6) is 0.538. The Hall–Kier alpha value is -1.81. The number of carbonyl (C=O) groups excluding carboxylic acids is 1. The molecular weight excluding hydrogens is 288 g/mol. The van der Waals surface area contributed by atoms with E-state index in [-0.39, 0.29) is 11.8 Å². The summed E-state index contributed by atoms with van der Waals surface area (Å²) in [7, 11) is 0. The monoisotopic (exact) mass is 312 g/mol. The lowest BCUT2D eigenvalue weighted by Crippen LogP contribution is -2.43. The minimum absolute atomic E-state index is 0.153. The largest absolute Gasteiger partial charge is 0.392 e. The molecule has 4 rings (SSSR count). The number of rotatable bonds is 2. The Morgan fingerprint density at radius 3 is 2.65 bits per heavy atom. The van der Waals surface area contributed by atoms with Gasteiger partial charge in [-0.05, 0) is 49.7 Å². The Labute approximate surface area is 136 Å². The van der Waals surface area contributed by atoms with Crippen molar-refractivity contribution in [2.45, 2.75) is 44.1 Å². The first kappa shape index (κ1) is 14.8. The van der Waals surface area contributed by atoms with Crippen molar-refractivity contribution in [3.8, 4) is 0 Å². The van der Waals surface area contributed by atoms with E-state index in [1.807, 2.05) is 4.90 Å². The van der Waals surface area contributed by atoms with Gasteiger partial charge in [-0.3, -0.25) is 4.79 Å². The van der Waals surface area contributed by atoms with Crippen LogP contribution >= 0.6 is 0 Å². The molecule has 2 atom stereocenters. The molecule has 1 aromatic carbocycles. The van der Waals surface area contributed by atoms with Crippen molar-refractivity contribution in [3.63, 3.8) is 0 Å². The molecule has 1 aliphatic heterocycles. The molecule has 2 aliphatic rings. The number of nitrogens with one attached hydrogen (secondary N) is 1. The Kier molecular flexibility index (Phi) is 3.85. The fraction of sp³-hybridized carbons (Fsp3) is 0.526. The van der Waals surface area contributed by atoms with Gasteiger partial charge in [0.15, 0.2) is 0 Å². The van der Waals surface area contributed by atoms with Gasteiger partial charge < -0.3 is 15.0 Å². The lowest BCUT2D eigenvalue weighted by Gasteiger charge is -2.34. The van der Waals surface area contributed by atoms with Crippen LogP contribution in [0.25, 0.3) is 10.9 Å². The number of para-hydroxylation sites is 1. The molecule has 1 aliphatic carbocycles. The van der Waals surface area contributed by atoms with Crippen molar-refractivity contribution in [1.29, 1.82) is 0 Å². The highest BCUT2D eigenvalue weighted by Crippen LogP contribution is 2.34. The lowest BCUT2D eigenvalue weighted by atomic mass is 9.88. The van der Waals surface area contributed by atoms with Crippen LogP contribution in [0.2, 0.25) is 0 Å². The van der Waals surface area contributed by atoms with Gasteiger partial charge in [0.1, 0.15) is 0 Å². The number of fused-ring (bicyclic) bond motifs is 1. The SMILES string of the molecule is O=C(C1CCCC1O)N1CCC(c2c[nH]c3ccccc23)CC1. The van der Waals surface area contributed by atoms with Gasteiger partial charge in [-0.1, -0.05) is 18.2 Å². The highest BCUT2D eigenvalue weighted by atomic mass is 16.3. The van der Waals surface area contributed by atoms with Crippen molar-refractivity contribution in [2.75, 3.05) is 13.1 Å². The number of hydrogen-bond donors (Lipinski definition) is 2. The first-order valence-corrected chi connectivity index (χ1v) is 8.77. The number of nitrogens with zero attached hydrogens (tertiary/aromatic N) is 1. The maximum absolute atomic E-state index is 12.6. The van der Waals surface area contributed by atoms with Gasteiger partial charge >= 0.3 is 0 Å². The minimum atomic E-state index is -0.422. The van der Waals surface area contributed by atoms with Crippen LogP contribution in [-0.2, 0) is 4.79 Å². The number of aromatic nitrogens is 1. The minimum Gasteiger partial charge on any atom is -0.392 e. The van der Waals surface area contributed by atoms with Crippen LogP contribution in [0.15, 0.2) is 30.5 Å². The van der Waals surface area contributed by atoms with E-state index in [9.17, 15) is 9.90 Å². The average molecular weight is 312 g/mol. The molecular formula is C19H24N2O2. The van der Waals surface area contributed by atoms with Crippen LogP contribution < -0.4 is 0 Å². The van der Waals surface area contributed by atoms with E-state index in [0.717, 1.165) is 45.2 Å². The first-order valence-electron chi connectivity index (χ1n) is 8.77. The molecule has 4 heteroatoms. The molecule has 0 radical (unpaired) electrons. The first-order chi connectivity index (χ1) is 11.2. The maximum atomic E-state index is 12.6. The van der Waals surface area contributed by atoms with Gasteiger partial charge in [0.05, 0.1) is 12.0 Å². The number of aliphatic hydroxyl groups excluding tert-OH is 1. The van der Waals surface area contributed by atoms with Crippen LogP contribution in [0.1, 0.15) is 43.6 Å². The number of piperidine rings is 1. The molecule has 0 bridgehead atoms. The van der Waals surface area contributed by atoms with Crippen molar-refractivity contribution in [3.05, 3.63) is 36.0 Å². The van der Waals surface area contributed by atoms with Crippen molar-refractivity contribution < 1.29 is 9.90 Å². The second-order valence-electron chi connectivity index (χ2n) is 6.99. The number of likely N-dealkylation sites (tertiary alicyclic amines) is 1. The Morgan fingerprint density at radius 2 is 1.91 bits per heavy atom. The van der Waals surface area contributed by atoms with E-state index in [0.29, 0.717) is 5.92 Å². The van der Waals surface area contributed by atoms with Crippen LogP contribution in [0.4, 0.5) is 0 Å². The summed E-state index contributed by atoms with van der Waals surface area (Å²) < 4.78 is 0. The zero-order chi connectivity index (χ0) is 15.8. The number of aromatic amines is 1. The van der Waals surface area contributed by atoms with E-state index >= 15 is 0 Å². The van der Waals surface area contributed by atoms with E-state index in [1.165, 1.54) is 16.5 Å². The number of benzene rings is 1. The van der Waals surface area contributed by atoms with Crippen LogP contribution in [0, 0.1) is 5.92 Å². The predicted octanol–water partition coefficient (Wildman–Crippen LogP) is 3.03. The van der Waals surface area contributed by atoms with Gasteiger partial charge in [0.25, 0.3) is 0 Å². The maximum Gasteiger partial charge on any atom is 0.228 e. The molecule has 2 heterocycles. The molecule has 122 valence electrons. The van der Waals surface area contributed by atoms with Gasteiger partial charge in [0.2, 0.25) is 5.91 Å². The molecule has 1 aromatic heterocycles. The molecule has 1 saturated heterocycles. The second kappa shape index (κ2) is 6.00. The molecule has 0 spiro atoms. The zero-order valence-electron chi connectivity index (χ0n) is 13.4. The smallest absolute Gasteiger partial charge is 0.228 e. The number of carbonyl (C=O) groups is 1. The molecule has 23 heavy (non-hydrogen) atoms. The average Bonchev–Trinajstić information content (AvgIpc) is 3.20. The normalized spacial score (nSPS) is 26.0. The Balaban J connectivity index is 1.44. The predicted molar refractivity (Wildman–Crippen MR) is 90.2 cm³/mol. The van der Waals surface area contributed by atoms with Crippen molar-refractivity contribution in [2.24, 2.45) is 5.92 Å². The number of amides is 1. The topological polar surface area (TPSA) is 56.3 Å². The summed E-state index contributed by atoms with van der Waals surface area (Å²) in [5.41, 5.74) is 2.57. The van der Waals surface area contributed by atoms with Crippen molar-refractivity contribution >= 4 is 16.8 Å². The molecule has 2 fully saturated rings. The van der Waals surface area contributed by atoms with Gasteiger partial charge in [0, 0.05) is 30.2 Å². The van der Waals surface area contributed by atoms with E-state index in [4.69, 9.17) is 0 Å². The number of H-pyrrole nitrogens is 1. The highest BCUT2D eigenvalue weighted by molar-refractivity contribution is 5.84. The standard InChI is InChI=1S/C19H24N2O2/c22-18-7-3-5-15(18)19(23)21-10-8-13(9-11-21)16-12-20-17-6-2-1-4-14(16)17/h1-2,4,6,12-13,15,18,20,22H,3,5,7-11H2. The number of aliphatic hydroxyl groups is 1. The van der Waals surface area contributed by atoms with Crippen molar-refractivity contribution in [1.82, 2.24) is 9.88 Å². The quantitative estimate of drug-likeness (QED) is 0.895.